The molecule has 0 aliphatic rings. The molecular formula is C16H20N2O3. The Kier molecular flexibility index (Phi) is 4.85. The molecule has 2 rings (SSSR count). The van der Waals surface area contributed by atoms with E-state index in [0.717, 1.165) is 0 Å². The Morgan fingerprint density at radius 2 is 1.86 bits per heavy atom. The van der Waals surface area contributed by atoms with Crippen molar-refractivity contribution in [3.8, 4) is 0 Å². The van der Waals surface area contributed by atoms with Crippen LogP contribution in [0.25, 0.3) is 0 Å². The van der Waals surface area contributed by atoms with Gasteiger partial charge < -0.3 is 9.26 Å². The third-order valence-electron chi connectivity index (χ3n) is 3.39. The van der Waals surface area contributed by atoms with Crippen LogP contribution in [0, 0.1) is 5.92 Å². The lowest BCUT2D eigenvalue weighted by atomic mass is 9.99. The number of nitrogens with zero attached hydrogens (tertiary/aromatic N) is 2. The second kappa shape index (κ2) is 6.63. The van der Waals surface area contributed by atoms with Crippen molar-refractivity contribution in [1.29, 1.82) is 0 Å². The predicted molar refractivity (Wildman–Crippen MR) is 78.1 cm³/mol. The third kappa shape index (κ3) is 3.36. The number of hydrogen-bond donors (Lipinski definition) is 0. The van der Waals surface area contributed by atoms with Crippen LogP contribution in [-0.2, 0) is 4.74 Å². The molecule has 0 amide bonds. The normalized spacial score (nSPS) is 14.1. The summed E-state index contributed by atoms with van der Waals surface area (Å²) < 4.78 is 10.6. The summed E-state index contributed by atoms with van der Waals surface area (Å²) >= 11 is 0. The van der Waals surface area contributed by atoms with Crippen molar-refractivity contribution in [2.75, 3.05) is 7.11 Å². The highest BCUT2D eigenvalue weighted by Crippen LogP contribution is 2.25. The van der Waals surface area contributed by atoms with Gasteiger partial charge in [0.15, 0.2) is 5.78 Å². The maximum atomic E-state index is 12.4. The van der Waals surface area contributed by atoms with E-state index in [1.165, 1.54) is 0 Å². The highest BCUT2D eigenvalue weighted by Gasteiger charge is 2.26. The Labute approximate surface area is 124 Å². The summed E-state index contributed by atoms with van der Waals surface area (Å²) in [5, 5.41) is 3.94. The van der Waals surface area contributed by atoms with Gasteiger partial charge in [-0.1, -0.05) is 49.3 Å². The van der Waals surface area contributed by atoms with Gasteiger partial charge in [-0.05, 0) is 12.8 Å². The maximum Gasteiger partial charge on any atom is 0.237 e. The van der Waals surface area contributed by atoms with Crippen LogP contribution in [0.15, 0.2) is 34.9 Å². The van der Waals surface area contributed by atoms with Crippen LogP contribution in [0.5, 0.6) is 0 Å². The fraction of sp³-hybridized carbons (Fsp3) is 0.438. The van der Waals surface area contributed by atoms with Gasteiger partial charge in [0.1, 0.15) is 6.10 Å². The summed E-state index contributed by atoms with van der Waals surface area (Å²) in [4.78, 5) is 16.7. The van der Waals surface area contributed by atoms with E-state index in [1.807, 2.05) is 32.0 Å². The maximum absolute atomic E-state index is 12.4. The minimum absolute atomic E-state index is 0.0377. The number of aromatic nitrogens is 2. The summed E-state index contributed by atoms with van der Waals surface area (Å²) in [6.45, 7) is 5.80. The number of Topliss-reactive ketones (excluding diaryl/α,β-unsaturated/α-hetero) is 1. The number of benzene rings is 1. The first-order valence-corrected chi connectivity index (χ1v) is 7.00. The molecule has 2 unspecified atom stereocenters. The molecule has 1 aromatic heterocycles. The minimum Gasteiger partial charge on any atom is -0.373 e. The molecule has 0 fully saturated rings. The SMILES string of the molecule is COC(c1noc(C(C)C(=O)c2ccccc2)n1)C(C)C. The minimum atomic E-state index is -0.474. The smallest absolute Gasteiger partial charge is 0.237 e. The van der Waals surface area contributed by atoms with E-state index in [0.29, 0.717) is 17.3 Å². The van der Waals surface area contributed by atoms with Gasteiger partial charge >= 0.3 is 0 Å². The van der Waals surface area contributed by atoms with Crippen molar-refractivity contribution < 1.29 is 14.1 Å². The van der Waals surface area contributed by atoms with Gasteiger partial charge in [-0.25, -0.2) is 0 Å². The van der Waals surface area contributed by atoms with Gasteiger partial charge in [0.25, 0.3) is 0 Å². The van der Waals surface area contributed by atoms with E-state index in [9.17, 15) is 4.79 Å². The Morgan fingerprint density at radius 1 is 1.19 bits per heavy atom. The summed E-state index contributed by atoms with van der Waals surface area (Å²) in [6, 6.07) is 9.10. The zero-order valence-electron chi connectivity index (χ0n) is 12.7. The number of carbonyl (C=O) groups is 1. The molecule has 0 aliphatic carbocycles. The Balaban J connectivity index is 2.19. The van der Waals surface area contributed by atoms with Gasteiger partial charge in [0, 0.05) is 12.7 Å². The summed E-state index contributed by atoms with van der Waals surface area (Å²) in [6.07, 6.45) is -0.235. The highest BCUT2D eigenvalue weighted by molar-refractivity contribution is 6.00. The van der Waals surface area contributed by atoms with E-state index in [-0.39, 0.29) is 17.8 Å². The largest absolute Gasteiger partial charge is 0.373 e. The van der Waals surface area contributed by atoms with Crippen LogP contribution >= 0.6 is 0 Å². The number of rotatable bonds is 6. The molecule has 2 aromatic rings. The molecule has 0 saturated carbocycles. The van der Waals surface area contributed by atoms with Crippen molar-refractivity contribution in [2.24, 2.45) is 5.92 Å². The molecule has 0 saturated heterocycles. The number of hydrogen-bond acceptors (Lipinski definition) is 5. The average molecular weight is 288 g/mol. The van der Waals surface area contributed by atoms with Gasteiger partial charge in [-0.15, -0.1) is 0 Å². The molecule has 112 valence electrons. The summed E-state index contributed by atoms with van der Waals surface area (Å²) in [7, 11) is 1.61. The zero-order chi connectivity index (χ0) is 15.4. The molecule has 0 N–H and O–H groups in total. The third-order valence-corrected chi connectivity index (χ3v) is 3.39. The Hall–Kier alpha value is -2.01. The molecule has 2 atom stereocenters. The summed E-state index contributed by atoms with van der Waals surface area (Å²) in [5.74, 6) is 0.514. The summed E-state index contributed by atoms with van der Waals surface area (Å²) in [5.41, 5.74) is 0.636. The van der Waals surface area contributed by atoms with E-state index >= 15 is 0 Å². The highest BCUT2D eigenvalue weighted by atomic mass is 16.5. The molecule has 0 aliphatic heterocycles. The van der Waals surface area contributed by atoms with Gasteiger partial charge in [0.2, 0.25) is 11.7 Å². The second-order valence-electron chi connectivity index (χ2n) is 5.34. The molecule has 0 radical (unpaired) electrons. The average Bonchev–Trinajstić information content (AvgIpc) is 2.96. The van der Waals surface area contributed by atoms with E-state index in [2.05, 4.69) is 10.1 Å². The van der Waals surface area contributed by atoms with Crippen LogP contribution < -0.4 is 0 Å². The fourth-order valence-corrected chi connectivity index (χ4v) is 2.18. The van der Waals surface area contributed by atoms with Crippen molar-refractivity contribution in [3.05, 3.63) is 47.6 Å². The zero-order valence-corrected chi connectivity index (χ0v) is 12.7. The Morgan fingerprint density at radius 3 is 2.43 bits per heavy atom. The molecule has 0 spiro atoms. The van der Waals surface area contributed by atoms with Crippen molar-refractivity contribution in [3.63, 3.8) is 0 Å². The van der Waals surface area contributed by atoms with Crippen LogP contribution in [0.4, 0.5) is 0 Å². The number of methoxy groups -OCH3 is 1. The van der Waals surface area contributed by atoms with Gasteiger partial charge in [0.05, 0.1) is 5.92 Å². The lowest BCUT2D eigenvalue weighted by Gasteiger charge is -2.14. The quantitative estimate of drug-likeness (QED) is 0.762. The van der Waals surface area contributed by atoms with Crippen molar-refractivity contribution in [1.82, 2.24) is 10.1 Å². The first-order chi connectivity index (χ1) is 10.0. The van der Waals surface area contributed by atoms with Gasteiger partial charge in [-0.2, -0.15) is 4.98 Å². The molecule has 1 aromatic carbocycles. The van der Waals surface area contributed by atoms with Crippen LogP contribution in [0.3, 0.4) is 0 Å². The first kappa shape index (κ1) is 15.4. The predicted octanol–water partition coefficient (Wildman–Crippen LogP) is 3.40. The molecule has 5 nitrogen and oxygen atoms in total. The van der Waals surface area contributed by atoms with Gasteiger partial charge in [-0.3, -0.25) is 4.79 Å². The van der Waals surface area contributed by atoms with Crippen LogP contribution in [0.2, 0.25) is 0 Å². The second-order valence-corrected chi connectivity index (χ2v) is 5.34. The Bertz CT molecular complexity index is 593. The van der Waals surface area contributed by atoms with E-state index < -0.39 is 5.92 Å². The topological polar surface area (TPSA) is 65.2 Å². The standard InChI is InChI=1S/C16H20N2O3/c1-10(2)14(20-4)15-17-16(21-18-15)11(3)13(19)12-8-6-5-7-9-12/h5-11,14H,1-4H3. The lowest BCUT2D eigenvalue weighted by Crippen LogP contribution is -2.12. The monoisotopic (exact) mass is 288 g/mol. The van der Waals surface area contributed by atoms with E-state index in [1.54, 1.807) is 26.2 Å². The molecule has 21 heavy (non-hydrogen) atoms. The molecular weight excluding hydrogens is 268 g/mol. The molecule has 1 heterocycles. The molecule has 5 heteroatoms. The lowest BCUT2D eigenvalue weighted by molar-refractivity contribution is 0.0555. The van der Waals surface area contributed by atoms with Crippen LogP contribution in [-0.4, -0.2) is 23.0 Å². The first-order valence-electron chi connectivity index (χ1n) is 7.00. The molecule has 0 bridgehead atoms. The van der Waals surface area contributed by atoms with E-state index in [4.69, 9.17) is 9.26 Å². The fourth-order valence-electron chi connectivity index (χ4n) is 2.18. The van der Waals surface area contributed by atoms with Crippen molar-refractivity contribution >= 4 is 5.78 Å². The van der Waals surface area contributed by atoms with Crippen LogP contribution in [0.1, 0.15) is 54.9 Å². The van der Waals surface area contributed by atoms with Crippen molar-refractivity contribution in [2.45, 2.75) is 32.8 Å². The number of ketones is 1. The number of carbonyl (C=O) groups excluding carboxylic acids is 1. The number of ether oxygens (including phenoxy) is 1.